The average molecular weight is 411 g/mol. The van der Waals surface area contributed by atoms with Gasteiger partial charge in [0.1, 0.15) is 4.90 Å². The zero-order chi connectivity index (χ0) is 20.2. The Kier molecular flexibility index (Phi) is 6.86. The Balaban J connectivity index is 2.30. The highest BCUT2D eigenvalue weighted by Crippen LogP contribution is 2.26. The third-order valence-electron chi connectivity index (χ3n) is 4.04. The molecule has 2 aromatic rings. The van der Waals surface area contributed by atoms with Gasteiger partial charge in [0.25, 0.3) is 15.9 Å². The normalized spacial score (nSPS) is 12.5. The quantitative estimate of drug-likeness (QED) is 0.731. The van der Waals surface area contributed by atoms with E-state index in [1.54, 1.807) is 19.1 Å². The molecule has 2 N–H and O–H groups in total. The molecule has 0 aliphatic rings. The van der Waals surface area contributed by atoms with Gasteiger partial charge < -0.3 is 10.1 Å². The molecule has 0 spiro atoms. The number of aryl methyl sites for hydroxylation is 2. The molecule has 2 rings (SSSR count). The second-order valence-corrected chi connectivity index (χ2v) is 8.44. The zero-order valence-corrected chi connectivity index (χ0v) is 17.2. The number of anilines is 1. The largest absolute Gasteiger partial charge is 0.383 e. The number of carbonyl (C=O) groups excluding carboxylic acids is 1. The zero-order valence-electron chi connectivity index (χ0n) is 15.7. The fourth-order valence-corrected chi connectivity index (χ4v) is 4.04. The third-order valence-corrected chi connectivity index (χ3v) is 5.90. The van der Waals surface area contributed by atoms with Crippen molar-refractivity contribution in [2.24, 2.45) is 0 Å². The maximum atomic E-state index is 12.8. The van der Waals surface area contributed by atoms with Crippen LogP contribution in [0.2, 0.25) is 5.02 Å². The second kappa shape index (κ2) is 8.73. The van der Waals surface area contributed by atoms with Gasteiger partial charge in [-0.15, -0.1) is 0 Å². The first-order valence-electron chi connectivity index (χ1n) is 8.33. The van der Waals surface area contributed by atoms with E-state index in [0.29, 0.717) is 12.3 Å². The van der Waals surface area contributed by atoms with Gasteiger partial charge in [-0.05, 0) is 62.2 Å². The molecule has 146 valence electrons. The van der Waals surface area contributed by atoms with Gasteiger partial charge in [-0.25, -0.2) is 8.42 Å². The number of rotatable bonds is 7. The van der Waals surface area contributed by atoms with Crippen LogP contribution in [0.5, 0.6) is 0 Å². The monoisotopic (exact) mass is 410 g/mol. The highest BCUT2D eigenvalue weighted by Gasteiger charge is 2.21. The molecule has 0 aromatic heterocycles. The summed E-state index contributed by atoms with van der Waals surface area (Å²) >= 11 is 6.09. The minimum absolute atomic E-state index is 0.0350. The van der Waals surface area contributed by atoms with Crippen molar-refractivity contribution in [3.8, 4) is 0 Å². The fraction of sp³-hybridized carbons (Fsp3) is 0.316. The number of amides is 1. The fourth-order valence-electron chi connectivity index (χ4n) is 2.46. The molecule has 0 heterocycles. The second-order valence-electron chi connectivity index (χ2n) is 6.38. The standard InChI is InChI=1S/C19H23ClN2O4S/c1-12-5-7-16(9-13(12)2)22-27(24,25)18-10-15(6-8-17(18)20)19(23)21-14(3)11-26-4/h5-10,14,22H,11H2,1-4H3,(H,21,23)/t14-/m1/s1. The van der Waals surface area contributed by atoms with Gasteiger partial charge in [-0.2, -0.15) is 0 Å². The van der Waals surface area contributed by atoms with Crippen molar-refractivity contribution in [1.29, 1.82) is 0 Å². The average Bonchev–Trinajstić information content (AvgIpc) is 2.58. The van der Waals surface area contributed by atoms with Crippen LogP contribution in [0.4, 0.5) is 5.69 Å². The minimum Gasteiger partial charge on any atom is -0.383 e. The van der Waals surface area contributed by atoms with Crippen LogP contribution in [0.25, 0.3) is 0 Å². The predicted molar refractivity (Wildman–Crippen MR) is 107 cm³/mol. The molecule has 0 saturated heterocycles. The van der Waals surface area contributed by atoms with Crippen LogP contribution in [0, 0.1) is 13.8 Å². The first-order valence-corrected chi connectivity index (χ1v) is 10.2. The van der Waals surface area contributed by atoms with E-state index in [1.807, 2.05) is 19.9 Å². The minimum atomic E-state index is -3.95. The third kappa shape index (κ3) is 5.45. The van der Waals surface area contributed by atoms with E-state index in [2.05, 4.69) is 10.0 Å². The molecule has 0 radical (unpaired) electrons. The van der Waals surface area contributed by atoms with E-state index in [0.717, 1.165) is 11.1 Å². The molecule has 0 unspecified atom stereocenters. The number of ether oxygens (including phenoxy) is 1. The number of halogens is 1. The number of benzene rings is 2. The molecular formula is C19H23ClN2O4S. The smallest absolute Gasteiger partial charge is 0.263 e. The molecule has 6 nitrogen and oxygen atoms in total. The highest BCUT2D eigenvalue weighted by molar-refractivity contribution is 7.92. The van der Waals surface area contributed by atoms with Gasteiger partial charge in [-0.3, -0.25) is 9.52 Å². The molecule has 0 bridgehead atoms. The summed E-state index contributed by atoms with van der Waals surface area (Å²) in [4.78, 5) is 12.2. The Morgan fingerprint density at radius 3 is 2.48 bits per heavy atom. The maximum absolute atomic E-state index is 12.8. The van der Waals surface area contributed by atoms with Crippen molar-refractivity contribution in [2.45, 2.75) is 31.7 Å². The highest BCUT2D eigenvalue weighted by atomic mass is 35.5. The van der Waals surface area contributed by atoms with Gasteiger partial charge in [0.2, 0.25) is 0 Å². The Labute approximate surface area is 164 Å². The number of hydrogen-bond donors (Lipinski definition) is 2. The molecule has 2 aromatic carbocycles. The van der Waals surface area contributed by atoms with Gasteiger partial charge in [0.05, 0.1) is 11.6 Å². The van der Waals surface area contributed by atoms with E-state index >= 15 is 0 Å². The maximum Gasteiger partial charge on any atom is 0.263 e. The molecule has 27 heavy (non-hydrogen) atoms. The van der Waals surface area contributed by atoms with Crippen molar-refractivity contribution in [1.82, 2.24) is 5.32 Å². The summed E-state index contributed by atoms with van der Waals surface area (Å²) in [6.45, 7) is 5.97. The first-order chi connectivity index (χ1) is 12.6. The summed E-state index contributed by atoms with van der Waals surface area (Å²) in [6.07, 6.45) is 0. The topological polar surface area (TPSA) is 84.5 Å². The molecule has 0 fully saturated rings. The van der Waals surface area contributed by atoms with E-state index in [9.17, 15) is 13.2 Å². The van der Waals surface area contributed by atoms with Crippen molar-refractivity contribution >= 4 is 33.2 Å². The Morgan fingerprint density at radius 1 is 1.15 bits per heavy atom. The Hall–Kier alpha value is -2.09. The molecule has 0 aliphatic heterocycles. The lowest BCUT2D eigenvalue weighted by Gasteiger charge is -2.14. The van der Waals surface area contributed by atoms with Crippen LogP contribution >= 0.6 is 11.6 Å². The van der Waals surface area contributed by atoms with E-state index in [4.69, 9.17) is 16.3 Å². The van der Waals surface area contributed by atoms with Crippen LogP contribution in [0.15, 0.2) is 41.3 Å². The van der Waals surface area contributed by atoms with E-state index in [-0.39, 0.29) is 21.5 Å². The van der Waals surface area contributed by atoms with Gasteiger partial charge in [-0.1, -0.05) is 17.7 Å². The molecule has 8 heteroatoms. The van der Waals surface area contributed by atoms with Crippen molar-refractivity contribution in [3.63, 3.8) is 0 Å². The van der Waals surface area contributed by atoms with Gasteiger partial charge in [0, 0.05) is 24.4 Å². The number of sulfonamides is 1. The summed E-state index contributed by atoms with van der Waals surface area (Å²) in [7, 11) is -2.42. The lowest BCUT2D eigenvalue weighted by molar-refractivity contribution is 0.0905. The van der Waals surface area contributed by atoms with Crippen LogP contribution < -0.4 is 10.0 Å². The molecule has 1 amide bonds. The lowest BCUT2D eigenvalue weighted by atomic mass is 10.1. The number of hydrogen-bond acceptors (Lipinski definition) is 4. The van der Waals surface area contributed by atoms with Gasteiger partial charge >= 0.3 is 0 Å². The number of carbonyl (C=O) groups is 1. The first kappa shape index (κ1) is 21.2. The summed E-state index contributed by atoms with van der Waals surface area (Å²) in [6, 6.07) is 9.17. The lowest BCUT2D eigenvalue weighted by Crippen LogP contribution is -2.35. The van der Waals surface area contributed by atoms with Crippen LogP contribution in [-0.4, -0.2) is 34.1 Å². The van der Waals surface area contributed by atoms with E-state index < -0.39 is 15.9 Å². The molecule has 1 atom stereocenters. The summed E-state index contributed by atoms with van der Waals surface area (Å²) in [5.74, 6) is -0.404. The van der Waals surface area contributed by atoms with Crippen LogP contribution in [-0.2, 0) is 14.8 Å². The Bertz CT molecular complexity index is 945. The van der Waals surface area contributed by atoms with Crippen LogP contribution in [0.3, 0.4) is 0 Å². The van der Waals surface area contributed by atoms with Crippen molar-refractivity contribution in [3.05, 3.63) is 58.1 Å². The SMILES string of the molecule is COC[C@@H](C)NC(=O)c1ccc(Cl)c(S(=O)(=O)Nc2ccc(C)c(C)c2)c1. The molecule has 0 saturated carbocycles. The Morgan fingerprint density at radius 2 is 1.85 bits per heavy atom. The summed E-state index contributed by atoms with van der Waals surface area (Å²) < 4.78 is 33.0. The number of nitrogens with one attached hydrogen (secondary N) is 2. The predicted octanol–water partition coefficient (Wildman–Crippen LogP) is 3.52. The van der Waals surface area contributed by atoms with Gasteiger partial charge in [0.15, 0.2) is 0 Å². The van der Waals surface area contributed by atoms with Crippen LogP contribution in [0.1, 0.15) is 28.4 Å². The van der Waals surface area contributed by atoms with Crippen molar-refractivity contribution < 1.29 is 17.9 Å². The van der Waals surface area contributed by atoms with E-state index in [1.165, 1.54) is 25.3 Å². The summed E-state index contributed by atoms with van der Waals surface area (Å²) in [5, 5.41) is 2.77. The molecule has 0 aliphatic carbocycles. The molecular weight excluding hydrogens is 388 g/mol. The summed E-state index contributed by atoms with van der Waals surface area (Å²) in [5.41, 5.74) is 2.64. The number of methoxy groups -OCH3 is 1. The van der Waals surface area contributed by atoms with Crippen molar-refractivity contribution in [2.75, 3.05) is 18.4 Å².